The molecule has 0 aliphatic carbocycles. The maximum Gasteiger partial charge on any atom is 0.119 e. The lowest BCUT2D eigenvalue weighted by Gasteiger charge is -2.07. The van der Waals surface area contributed by atoms with Gasteiger partial charge < -0.3 is 10.1 Å². The third-order valence-electron chi connectivity index (χ3n) is 2.48. The molecule has 2 rings (SSSR count). The Bertz CT molecular complexity index is 436. The third kappa shape index (κ3) is 3.52. The molecule has 0 unspecified atom stereocenters. The van der Waals surface area contributed by atoms with Crippen molar-refractivity contribution in [1.82, 2.24) is 0 Å². The molecule has 0 aliphatic rings. The van der Waals surface area contributed by atoms with E-state index in [1.807, 2.05) is 42.5 Å². The number of nitrogens with one attached hydrogen (secondary N) is 1. The van der Waals surface area contributed by atoms with Gasteiger partial charge in [0.15, 0.2) is 0 Å². The molecule has 0 radical (unpaired) electrons. The summed E-state index contributed by atoms with van der Waals surface area (Å²) in [5, 5.41) is 3.25. The molecule has 1 N–H and O–H groups in total. The summed E-state index contributed by atoms with van der Waals surface area (Å²) in [6, 6.07) is 18.2. The minimum Gasteiger partial charge on any atom is -0.489 e. The summed E-state index contributed by atoms with van der Waals surface area (Å²) in [6.07, 6.45) is 0. The molecule has 17 heavy (non-hydrogen) atoms. The van der Waals surface area contributed by atoms with E-state index in [4.69, 9.17) is 4.74 Å². The lowest BCUT2D eigenvalue weighted by molar-refractivity contribution is 0.306. The van der Waals surface area contributed by atoms with E-state index in [2.05, 4.69) is 24.4 Å². The van der Waals surface area contributed by atoms with Crippen LogP contribution in [0.25, 0.3) is 0 Å². The Morgan fingerprint density at radius 1 is 0.941 bits per heavy atom. The fourth-order valence-corrected chi connectivity index (χ4v) is 1.61. The first kappa shape index (κ1) is 11.5. The molecule has 2 aromatic rings. The summed E-state index contributed by atoms with van der Waals surface area (Å²) in [5.41, 5.74) is 2.31. The Hall–Kier alpha value is -1.96. The fraction of sp³-hybridized carbons (Fsp3) is 0.200. The zero-order valence-electron chi connectivity index (χ0n) is 10.0. The maximum atomic E-state index is 5.70. The lowest BCUT2D eigenvalue weighted by Crippen LogP contribution is -1.97. The number of rotatable bonds is 5. The van der Waals surface area contributed by atoms with Gasteiger partial charge >= 0.3 is 0 Å². The molecule has 0 saturated heterocycles. The van der Waals surface area contributed by atoms with Gasteiger partial charge in [-0.3, -0.25) is 0 Å². The predicted molar refractivity (Wildman–Crippen MR) is 71.4 cm³/mol. The summed E-state index contributed by atoms with van der Waals surface area (Å²) in [4.78, 5) is 0. The fourth-order valence-electron chi connectivity index (χ4n) is 1.61. The first-order valence-electron chi connectivity index (χ1n) is 5.89. The van der Waals surface area contributed by atoms with E-state index in [-0.39, 0.29) is 0 Å². The largest absolute Gasteiger partial charge is 0.489 e. The molecule has 88 valence electrons. The number of hydrogen-bond acceptors (Lipinski definition) is 2. The van der Waals surface area contributed by atoms with Crippen molar-refractivity contribution in [3.05, 3.63) is 60.2 Å². The smallest absolute Gasteiger partial charge is 0.119 e. The van der Waals surface area contributed by atoms with E-state index in [9.17, 15) is 0 Å². The van der Waals surface area contributed by atoms with Crippen LogP contribution in [-0.2, 0) is 6.61 Å². The molecule has 0 fully saturated rings. The molecule has 2 heteroatoms. The normalized spacial score (nSPS) is 9.94. The average molecular weight is 227 g/mol. The Morgan fingerprint density at radius 2 is 1.65 bits per heavy atom. The average Bonchev–Trinajstić information content (AvgIpc) is 2.40. The van der Waals surface area contributed by atoms with Crippen LogP contribution in [0.15, 0.2) is 54.6 Å². The van der Waals surface area contributed by atoms with Gasteiger partial charge in [0.25, 0.3) is 0 Å². The number of benzene rings is 2. The standard InChI is InChI=1S/C15H17NO/c1-2-16-14-8-10-15(11-9-14)17-12-13-6-4-3-5-7-13/h3-11,16H,2,12H2,1H3. The van der Waals surface area contributed by atoms with Crippen molar-refractivity contribution in [3.63, 3.8) is 0 Å². The first-order chi connectivity index (χ1) is 8.38. The van der Waals surface area contributed by atoms with Crippen LogP contribution < -0.4 is 10.1 Å². The van der Waals surface area contributed by atoms with Crippen LogP contribution in [0.3, 0.4) is 0 Å². The monoisotopic (exact) mass is 227 g/mol. The molecule has 2 nitrogen and oxygen atoms in total. The second-order valence-electron chi connectivity index (χ2n) is 3.83. The Kier molecular flexibility index (Phi) is 4.03. The maximum absolute atomic E-state index is 5.70. The van der Waals surface area contributed by atoms with Crippen LogP contribution in [0.2, 0.25) is 0 Å². The molecule has 0 aliphatic heterocycles. The van der Waals surface area contributed by atoms with Gasteiger partial charge in [-0.15, -0.1) is 0 Å². The van der Waals surface area contributed by atoms with Gasteiger partial charge in [-0.05, 0) is 36.8 Å². The van der Waals surface area contributed by atoms with Crippen LogP contribution in [0.1, 0.15) is 12.5 Å². The number of hydrogen-bond donors (Lipinski definition) is 1. The quantitative estimate of drug-likeness (QED) is 0.841. The topological polar surface area (TPSA) is 21.3 Å². The van der Waals surface area contributed by atoms with Crippen molar-refractivity contribution in [2.24, 2.45) is 0 Å². The van der Waals surface area contributed by atoms with Crippen LogP contribution in [0.5, 0.6) is 5.75 Å². The second-order valence-corrected chi connectivity index (χ2v) is 3.83. The molecule has 0 heterocycles. The summed E-state index contributed by atoms with van der Waals surface area (Å²) in [6.45, 7) is 3.63. The van der Waals surface area contributed by atoms with Crippen molar-refractivity contribution in [2.75, 3.05) is 11.9 Å². The number of ether oxygens (including phenoxy) is 1. The molecule has 0 amide bonds. The van der Waals surface area contributed by atoms with Gasteiger partial charge in [0, 0.05) is 12.2 Å². The zero-order chi connectivity index (χ0) is 11.9. The second kappa shape index (κ2) is 5.94. The first-order valence-corrected chi connectivity index (χ1v) is 5.89. The van der Waals surface area contributed by atoms with E-state index < -0.39 is 0 Å². The van der Waals surface area contributed by atoms with Gasteiger partial charge in [-0.1, -0.05) is 30.3 Å². The highest BCUT2D eigenvalue weighted by Crippen LogP contribution is 2.16. The Morgan fingerprint density at radius 3 is 2.29 bits per heavy atom. The molecular weight excluding hydrogens is 210 g/mol. The highest BCUT2D eigenvalue weighted by Gasteiger charge is 1.95. The van der Waals surface area contributed by atoms with Crippen molar-refractivity contribution in [3.8, 4) is 5.75 Å². The van der Waals surface area contributed by atoms with Gasteiger partial charge in [-0.25, -0.2) is 0 Å². The van der Waals surface area contributed by atoms with E-state index in [1.165, 1.54) is 5.56 Å². The predicted octanol–water partition coefficient (Wildman–Crippen LogP) is 3.70. The zero-order valence-corrected chi connectivity index (χ0v) is 10.0. The van der Waals surface area contributed by atoms with Crippen LogP contribution >= 0.6 is 0 Å². The van der Waals surface area contributed by atoms with Gasteiger partial charge in [0.05, 0.1) is 0 Å². The summed E-state index contributed by atoms with van der Waals surface area (Å²) < 4.78 is 5.70. The minimum absolute atomic E-state index is 0.612. The SMILES string of the molecule is CCNc1ccc(OCc2ccccc2)cc1. The summed E-state index contributed by atoms with van der Waals surface area (Å²) in [7, 11) is 0. The van der Waals surface area contributed by atoms with E-state index in [0.717, 1.165) is 18.0 Å². The Labute approximate surface area is 102 Å². The van der Waals surface area contributed by atoms with Crippen LogP contribution in [-0.4, -0.2) is 6.54 Å². The van der Waals surface area contributed by atoms with Gasteiger partial charge in [0.1, 0.15) is 12.4 Å². The Balaban J connectivity index is 1.91. The highest BCUT2D eigenvalue weighted by atomic mass is 16.5. The third-order valence-corrected chi connectivity index (χ3v) is 2.48. The van der Waals surface area contributed by atoms with E-state index >= 15 is 0 Å². The number of anilines is 1. The van der Waals surface area contributed by atoms with Crippen LogP contribution in [0.4, 0.5) is 5.69 Å². The van der Waals surface area contributed by atoms with Gasteiger partial charge in [-0.2, -0.15) is 0 Å². The van der Waals surface area contributed by atoms with E-state index in [0.29, 0.717) is 6.61 Å². The van der Waals surface area contributed by atoms with E-state index in [1.54, 1.807) is 0 Å². The molecule has 0 saturated carbocycles. The van der Waals surface area contributed by atoms with Crippen molar-refractivity contribution < 1.29 is 4.74 Å². The molecular formula is C15H17NO. The molecule has 0 atom stereocenters. The highest BCUT2D eigenvalue weighted by molar-refractivity contribution is 5.46. The molecule has 2 aromatic carbocycles. The minimum atomic E-state index is 0.612. The summed E-state index contributed by atoms with van der Waals surface area (Å²) >= 11 is 0. The van der Waals surface area contributed by atoms with Crippen molar-refractivity contribution in [2.45, 2.75) is 13.5 Å². The molecule has 0 aromatic heterocycles. The van der Waals surface area contributed by atoms with Gasteiger partial charge in [0.2, 0.25) is 0 Å². The summed E-state index contributed by atoms with van der Waals surface area (Å²) in [5.74, 6) is 0.899. The molecule has 0 bridgehead atoms. The van der Waals surface area contributed by atoms with Crippen molar-refractivity contribution >= 4 is 5.69 Å². The molecule has 0 spiro atoms. The van der Waals surface area contributed by atoms with Crippen molar-refractivity contribution in [1.29, 1.82) is 0 Å². The van der Waals surface area contributed by atoms with Crippen LogP contribution in [0, 0.1) is 0 Å². The lowest BCUT2D eigenvalue weighted by atomic mass is 10.2.